The zero-order valence-corrected chi connectivity index (χ0v) is 17.6. The fourth-order valence-corrected chi connectivity index (χ4v) is 4.98. The molecular weight excluding hydrogens is 400 g/mol. The van der Waals surface area contributed by atoms with Gasteiger partial charge in [-0.05, 0) is 42.5 Å². The maximum Gasteiger partial charge on any atom is 0.269 e. The zero-order chi connectivity index (χ0) is 22.4. The number of fused-ring (bicyclic) bond motifs is 2. The molecule has 2 unspecified atom stereocenters. The van der Waals surface area contributed by atoms with Crippen LogP contribution in [0.1, 0.15) is 39.4 Å². The summed E-state index contributed by atoms with van der Waals surface area (Å²) in [7, 11) is 0. The van der Waals surface area contributed by atoms with E-state index in [1.807, 2.05) is 20.8 Å². The lowest BCUT2D eigenvalue weighted by molar-refractivity contribution is -0.384. The van der Waals surface area contributed by atoms with Crippen molar-refractivity contribution in [1.29, 1.82) is 0 Å². The highest BCUT2D eigenvalue weighted by Crippen LogP contribution is 2.69. The molecule has 2 N–H and O–H groups in total. The molecule has 9 nitrogen and oxygen atoms in total. The lowest BCUT2D eigenvalue weighted by Gasteiger charge is -2.37. The van der Waals surface area contributed by atoms with Gasteiger partial charge in [-0.3, -0.25) is 25.1 Å². The Hall–Kier alpha value is -3.49. The van der Waals surface area contributed by atoms with Gasteiger partial charge in [0.05, 0.1) is 23.4 Å². The first-order chi connectivity index (χ1) is 14.6. The highest BCUT2D eigenvalue weighted by atomic mass is 16.6. The molecule has 2 fully saturated rings. The molecule has 0 saturated heterocycles. The number of nitro benzene ring substituents is 1. The van der Waals surface area contributed by atoms with Crippen molar-refractivity contribution >= 4 is 28.8 Å². The molecule has 0 aliphatic heterocycles. The van der Waals surface area contributed by atoms with Gasteiger partial charge < -0.3 is 9.73 Å². The first kappa shape index (κ1) is 20.8. The summed E-state index contributed by atoms with van der Waals surface area (Å²) < 4.78 is 5.28. The summed E-state index contributed by atoms with van der Waals surface area (Å²) in [5.74, 6) is 0.0169. The Kier molecular flexibility index (Phi) is 4.72. The summed E-state index contributed by atoms with van der Waals surface area (Å²) in [6.07, 6.45) is 2.64. The van der Waals surface area contributed by atoms with Crippen LogP contribution >= 0.6 is 0 Å². The lowest BCUT2D eigenvalue weighted by Crippen LogP contribution is -2.50. The van der Waals surface area contributed by atoms with E-state index in [0.29, 0.717) is 30.0 Å². The second-order valence-electron chi connectivity index (χ2n) is 8.83. The van der Waals surface area contributed by atoms with E-state index >= 15 is 0 Å². The number of carbonyl (C=O) groups is 2. The quantitative estimate of drug-likeness (QED) is 0.414. The van der Waals surface area contributed by atoms with Gasteiger partial charge >= 0.3 is 0 Å². The molecule has 1 aromatic heterocycles. The van der Waals surface area contributed by atoms with Crippen LogP contribution in [0.5, 0.6) is 0 Å². The minimum absolute atomic E-state index is 0.0329. The number of non-ortho nitro benzene ring substituents is 1. The van der Waals surface area contributed by atoms with Gasteiger partial charge in [-0.15, -0.1) is 0 Å². The number of hydrogen-bond acceptors (Lipinski definition) is 7. The van der Waals surface area contributed by atoms with Gasteiger partial charge in [0.2, 0.25) is 5.91 Å². The summed E-state index contributed by atoms with van der Waals surface area (Å²) >= 11 is 0. The molecule has 162 valence electrons. The number of furan rings is 1. The molecule has 2 aromatic rings. The topological polar surface area (TPSA) is 127 Å². The number of ketones is 1. The van der Waals surface area contributed by atoms with E-state index in [4.69, 9.17) is 4.42 Å². The van der Waals surface area contributed by atoms with Gasteiger partial charge in [0.25, 0.3) is 5.69 Å². The van der Waals surface area contributed by atoms with E-state index in [0.717, 1.165) is 0 Å². The van der Waals surface area contributed by atoms with Crippen molar-refractivity contribution in [2.75, 3.05) is 5.43 Å². The Balaban J connectivity index is 1.60. The fourth-order valence-electron chi connectivity index (χ4n) is 4.98. The molecule has 4 rings (SSSR count). The van der Waals surface area contributed by atoms with Gasteiger partial charge in [-0.25, -0.2) is 0 Å². The van der Waals surface area contributed by atoms with Crippen LogP contribution in [0.3, 0.4) is 0 Å². The molecule has 0 radical (unpaired) electrons. The number of nitro groups is 1. The molecule has 0 spiro atoms. The third-order valence-electron chi connectivity index (χ3n) is 7.34. The van der Waals surface area contributed by atoms with Gasteiger partial charge in [0.1, 0.15) is 16.9 Å². The van der Waals surface area contributed by atoms with Crippen molar-refractivity contribution in [3.63, 3.8) is 0 Å². The van der Waals surface area contributed by atoms with Crippen LogP contribution in [0.2, 0.25) is 0 Å². The van der Waals surface area contributed by atoms with E-state index < -0.39 is 21.2 Å². The summed E-state index contributed by atoms with van der Waals surface area (Å²) in [4.78, 5) is 37.2. The van der Waals surface area contributed by atoms with Crippen molar-refractivity contribution in [2.24, 2.45) is 21.3 Å². The molecule has 2 aliphatic carbocycles. The predicted octanol–water partition coefficient (Wildman–Crippen LogP) is 3.67. The molecular formula is C22H24N4O5. The lowest BCUT2D eigenvalue weighted by atomic mass is 9.64. The predicted molar refractivity (Wildman–Crippen MR) is 113 cm³/mol. The third-order valence-corrected chi connectivity index (χ3v) is 7.34. The highest BCUT2D eigenvalue weighted by molar-refractivity contribution is 6.50. The number of anilines is 1. The van der Waals surface area contributed by atoms with Gasteiger partial charge in [0, 0.05) is 17.5 Å². The molecule has 1 heterocycles. The summed E-state index contributed by atoms with van der Waals surface area (Å²) in [6.45, 7) is 6.06. The van der Waals surface area contributed by atoms with Crippen LogP contribution in [0.15, 0.2) is 52.2 Å². The third kappa shape index (κ3) is 2.87. The fraction of sp³-hybridized carbons (Fsp3) is 0.409. The van der Waals surface area contributed by atoms with Crippen LogP contribution in [0, 0.1) is 26.4 Å². The number of Topliss-reactive ketones (excluding diaryl/α,β-unsaturated/α-hetero) is 1. The Labute approximate surface area is 179 Å². The van der Waals surface area contributed by atoms with Crippen LogP contribution in [0.25, 0.3) is 0 Å². The minimum Gasteiger partial charge on any atom is -0.467 e. The maximum atomic E-state index is 13.5. The molecule has 2 bridgehead atoms. The molecule has 2 saturated carbocycles. The molecule has 1 aromatic carbocycles. The monoisotopic (exact) mass is 424 g/mol. The van der Waals surface area contributed by atoms with Crippen LogP contribution in [-0.2, 0) is 16.1 Å². The number of nitrogens with zero attached hydrogens (tertiary/aromatic N) is 2. The van der Waals surface area contributed by atoms with Gasteiger partial charge in [-0.1, -0.05) is 20.8 Å². The Morgan fingerprint density at radius 1 is 1.19 bits per heavy atom. The maximum absolute atomic E-state index is 13.5. The number of nitrogens with one attached hydrogen (secondary N) is 2. The molecule has 9 heteroatoms. The van der Waals surface area contributed by atoms with Crippen molar-refractivity contribution < 1.29 is 18.9 Å². The average molecular weight is 424 g/mol. The van der Waals surface area contributed by atoms with Crippen molar-refractivity contribution in [2.45, 2.75) is 40.2 Å². The number of rotatable bonds is 6. The van der Waals surface area contributed by atoms with Crippen LogP contribution < -0.4 is 10.7 Å². The zero-order valence-electron chi connectivity index (χ0n) is 17.6. The molecule has 2 aliphatic rings. The normalized spacial score (nSPS) is 27.5. The van der Waals surface area contributed by atoms with E-state index in [1.54, 1.807) is 12.1 Å². The number of benzene rings is 1. The van der Waals surface area contributed by atoms with Crippen LogP contribution in [-0.4, -0.2) is 22.3 Å². The average Bonchev–Trinajstić information content (AvgIpc) is 3.35. The minimum atomic E-state index is -1.20. The standard InChI is InChI=1S/C22H24N4O5/c1-20(2)21(3)10-11-22(20,19(28)23-13-16-5-4-12-31-16)18(27)17(21)25-24-14-6-8-15(9-7-14)26(29)30/h4-9,12,24H,10-11,13H2,1-3H3,(H,23,28). The van der Waals surface area contributed by atoms with E-state index in [-0.39, 0.29) is 23.9 Å². The number of hydrazone groups is 1. The Bertz CT molecular complexity index is 1070. The summed E-state index contributed by atoms with van der Waals surface area (Å²) in [6, 6.07) is 9.28. The first-order valence-corrected chi connectivity index (χ1v) is 10.1. The number of hydrogen-bond donors (Lipinski definition) is 2. The summed E-state index contributed by atoms with van der Waals surface area (Å²) in [5.41, 5.74) is 1.23. The largest absolute Gasteiger partial charge is 0.467 e. The Morgan fingerprint density at radius 2 is 1.90 bits per heavy atom. The molecule has 1 amide bonds. The van der Waals surface area contributed by atoms with E-state index in [9.17, 15) is 19.7 Å². The first-order valence-electron chi connectivity index (χ1n) is 10.1. The smallest absolute Gasteiger partial charge is 0.269 e. The van der Waals surface area contributed by atoms with Crippen LogP contribution in [0.4, 0.5) is 11.4 Å². The number of carbonyl (C=O) groups excluding carboxylic acids is 2. The second kappa shape index (κ2) is 7.04. The van der Waals surface area contributed by atoms with Gasteiger partial charge in [-0.2, -0.15) is 5.10 Å². The van der Waals surface area contributed by atoms with Crippen molar-refractivity contribution in [1.82, 2.24) is 5.32 Å². The van der Waals surface area contributed by atoms with Crippen molar-refractivity contribution in [3.05, 3.63) is 58.5 Å². The number of amides is 1. The second-order valence-corrected chi connectivity index (χ2v) is 8.83. The van der Waals surface area contributed by atoms with Gasteiger partial charge in [0.15, 0.2) is 5.78 Å². The van der Waals surface area contributed by atoms with Crippen molar-refractivity contribution in [3.8, 4) is 0 Å². The highest BCUT2D eigenvalue weighted by Gasteiger charge is 2.76. The van der Waals surface area contributed by atoms with E-state index in [1.165, 1.54) is 30.5 Å². The molecule has 2 atom stereocenters. The van der Waals surface area contributed by atoms with E-state index in [2.05, 4.69) is 15.8 Å². The SMILES string of the molecule is CC12CCC(C(=O)NCc3ccco3)(C(=O)C1=NNc1ccc([N+](=O)[O-])cc1)C2(C)C. The Morgan fingerprint density at radius 3 is 2.52 bits per heavy atom. The summed E-state index contributed by atoms with van der Waals surface area (Å²) in [5, 5.41) is 18.1. The molecule has 31 heavy (non-hydrogen) atoms.